The standard InChI is InChI=1S/C22H23ClN4O5S/c1-14(27-20(29)22(25-21(27)30)11-4-5-12-22)19(28)24-15-7-6-8-16(13-15)33(31,32)26-18-10-3-2-9-17(18)23/h2-3,6-10,13-14,26H,4-5,11-12H2,1H3,(H,24,28)(H,25,30). The minimum absolute atomic E-state index is 0.0900. The zero-order chi connectivity index (χ0) is 23.8. The molecule has 1 saturated carbocycles. The maximum Gasteiger partial charge on any atom is 0.325 e. The molecule has 2 aromatic carbocycles. The first-order chi connectivity index (χ1) is 15.6. The van der Waals surface area contributed by atoms with Crippen LogP contribution in [0.3, 0.4) is 0 Å². The molecule has 2 fully saturated rings. The minimum Gasteiger partial charge on any atom is -0.324 e. The van der Waals surface area contributed by atoms with Gasteiger partial charge >= 0.3 is 6.03 Å². The van der Waals surface area contributed by atoms with E-state index in [4.69, 9.17) is 11.6 Å². The van der Waals surface area contributed by atoms with E-state index < -0.39 is 39.4 Å². The van der Waals surface area contributed by atoms with E-state index in [0.29, 0.717) is 12.8 Å². The number of urea groups is 1. The first kappa shape index (κ1) is 23.1. The highest BCUT2D eigenvalue weighted by atomic mass is 35.5. The van der Waals surface area contributed by atoms with Crippen molar-refractivity contribution in [2.75, 3.05) is 10.0 Å². The molecule has 1 aliphatic carbocycles. The Labute approximate surface area is 196 Å². The van der Waals surface area contributed by atoms with Crippen LogP contribution in [0.15, 0.2) is 53.4 Å². The molecule has 4 rings (SSSR count). The Morgan fingerprint density at radius 2 is 1.82 bits per heavy atom. The Morgan fingerprint density at radius 1 is 1.12 bits per heavy atom. The smallest absolute Gasteiger partial charge is 0.324 e. The number of benzene rings is 2. The summed E-state index contributed by atoms with van der Waals surface area (Å²) in [6.07, 6.45) is 2.79. The molecule has 1 saturated heterocycles. The number of halogens is 1. The molecule has 0 bridgehead atoms. The van der Waals surface area contributed by atoms with E-state index in [1.807, 2.05) is 0 Å². The van der Waals surface area contributed by atoms with Gasteiger partial charge in [0.05, 0.1) is 15.6 Å². The van der Waals surface area contributed by atoms with E-state index in [1.165, 1.54) is 37.3 Å². The van der Waals surface area contributed by atoms with Crippen molar-refractivity contribution >= 4 is 50.8 Å². The highest BCUT2D eigenvalue weighted by Crippen LogP contribution is 2.36. The van der Waals surface area contributed by atoms with Crippen LogP contribution in [-0.4, -0.2) is 42.7 Å². The lowest BCUT2D eigenvalue weighted by molar-refractivity contribution is -0.136. The summed E-state index contributed by atoms with van der Waals surface area (Å²) < 4.78 is 28.0. The normalized spacial score (nSPS) is 18.3. The summed E-state index contributed by atoms with van der Waals surface area (Å²) in [5, 5.41) is 5.58. The summed E-state index contributed by atoms with van der Waals surface area (Å²) in [4.78, 5) is 39.0. The van der Waals surface area contributed by atoms with Crippen LogP contribution in [0.5, 0.6) is 0 Å². The second-order valence-electron chi connectivity index (χ2n) is 8.17. The number of imide groups is 1. The zero-order valence-corrected chi connectivity index (χ0v) is 19.4. The lowest BCUT2D eigenvalue weighted by Gasteiger charge is -2.23. The van der Waals surface area contributed by atoms with Crippen molar-refractivity contribution in [3.05, 3.63) is 53.6 Å². The molecular formula is C22H23ClN4O5S. The topological polar surface area (TPSA) is 125 Å². The molecule has 3 N–H and O–H groups in total. The average Bonchev–Trinajstić information content (AvgIpc) is 3.34. The van der Waals surface area contributed by atoms with Crippen LogP contribution in [0.2, 0.25) is 5.02 Å². The molecule has 1 atom stereocenters. The third-order valence-corrected chi connectivity index (χ3v) is 7.64. The Balaban J connectivity index is 1.49. The van der Waals surface area contributed by atoms with Gasteiger partial charge in [-0.1, -0.05) is 42.6 Å². The van der Waals surface area contributed by atoms with Crippen LogP contribution >= 0.6 is 11.6 Å². The Morgan fingerprint density at radius 3 is 2.52 bits per heavy atom. The highest BCUT2D eigenvalue weighted by molar-refractivity contribution is 7.92. The van der Waals surface area contributed by atoms with Gasteiger partial charge in [0.1, 0.15) is 11.6 Å². The van der Waals surface area contributed by atoms with Crippen molar-refractivity contribution in [2.24, 2.45) is 0 Å². The fourth-order valence-electron chi connectivity index (χ4n) is 4.16. The number of hydrogen-bond donors (Lipinski definition) is 3. The molecule has 2 aliphatic rings. The predicted octanol–water partition coefficient (Wildman–Crippen LogP) is 3.33. The number of para-hydroxylation sites is 1. The highest BCUT2D eigenvalue weighted by Gasteiger charge is 2.54. The molecule has 174 valence electrons. The van der Waals surface area contributed by atoms with Gasteiger partial charge in [-0.05, 0) is 50.1 Å². The first-order valence-corrected chi connectivity index (χ1v) is 12.3. The van der Waals surface area contributed by atoms with Crippen LogP contribution in [0.25, 0.3) is 0 Å². The summed E-state index contributed by atoms with van der Waals surface area (Å²) in [6, 6.07) is 10.4. The van der Waals surface area contributed by atoms with Crippen LogP contribution < -0.4 is 15.4 Å². The van der Waals surface area contributed by atoms with Gasteiger partial charge in [-0.25, -0.2) is 18.1 Å². The van der Waals surface area contributed by atoms with E-state index in [1.54, 1.807) is 18.2 Å². The van der Waals surface area contributed by atoms with E-state index >= 15 is 0 Å². The maximum absolute atomic E-state index is 12.9. The van der Waals surface area contributed by atoms with Gasteiger partial charge in [0.15, 0.2) is 0 Å². The number of rotatable bonds is 6. The summed E-state index contributed by atoms with van der Waals surface area (Å²) in [6.45, 7) is 1.46. The van der Waals surface area contributed by atoms with Crippen molar-refractivity contribution in [3.63, 3.8) is 0 Å². The molecule has 2 aromatic rings. The number of nitrogens with one attached hydrogen (secondary N) is 3. The first-order valence-electron chi connectivity index (χ1n) is 10.5. The summed E-state index contributed by atoms with van der Waals surface area (Å²) >= 11 is 6.03. The van der Waals surface area contributed by atoms with Gasteiger partial charge in [0.25, 0.3) is 15.9 Å². The number of nitrogens with zero attached hydrogens (tertiary/aromatic N) is 1. The fourth-order valence-corrected chi connectivity index (χ4v) is 5.53. The average molecular weight is 491 g/mol. The molecule has 0 aromatic heterocycles. The van der Waals surface area contributed by atoms with Crippen LogP contribution in [-0.2, 0) is 19.6 Å². The Bertz CT molecular complexity index is 1230. The summed E-state index contributed by atoms with van der Waals surface area (Å²) in [5.74, 6) is -1.00. The quantitative estimate of drug-likeness (QED) is 0.535. The number of anilines is 2. The van der Waals surface area contributed by atoms with E-state index in [0.717, 1.165) is 17.7 Å². The van der Waals surface area contributed by atoms with Gasteiger partial charge in [0, 0.05) is 5.69 Å². The number of hydrogen-bond acceptors (Lipinski definition) is 5. The number of carbonyl (C=O) groups excluding carboxylic acids is 3. The van der Waals surface area contributed by atoms with Gasteiger partial charge < -0.3 is 10.6 Å². The molecule has 0 radical (unpaired) electrons. The summed E-state index contributed by atoms with van der Waals surface area (Å²) in [7, 11) is -3.98. The summed E-state index contributed by atoms with van der Waals surface area (Å²) in [5.41, 5.74) is -0.484. The SMILES string of the molecule is CC(C(=O)Nc1cccc(S(=O)(=O)Nc2ccccc2Cl)c1)N1C(=O)NC2(CCCC2)C1=O. The monoisotopic (exact) mass is 490 g/mol. The Kier molecular flexibility index (Phi) is 6.06. The van der Waals surface area contributed by atoms with Crippen LogP contribution in [0.1, 0.15) is 32.6 Å². The Hall–Kier alpha value is -3.11. The van der Waals surface area contributed by atoms with Crippen molar-refractivity contribution in [1.29, 1.82) is 0 Å². The van der Waals surface area contributed by atoms with E-state index in [-0.39, 0.29) is 21.3 Å². The van der Waals surface area contributed by atoms with Crippen LogP contribution in [0, 0.1) is 0 Å². The van der Waals surface area contributed by atoms with Crippen LogP contribution in [0.4, 0.5) is 16.2 Å². The number of sulfonamides is 1. The van der Waals surface area contributed by atoms with Crippen molar-refractivity contribution in [2.45, 2.75) is 49.1 Å². The molecule has 1 unspecified atom stereocenters. The molecule has 4 amide bonds. The minimum atomic E-state index is -3.98. The number of amides is 4. The lowest BCUT2D eigenvalue weighted by atomic mass is 9.97. The molecular weight excluding hydrogens is 468 g/mol. The van der Waals surface area contributed by atoms with E-state index in [9.17, 15) is 22.8 Å². The fraction of sp³-hybridized carbons (Fsp3) is 0.318. The molecule has 33 heavy (non-hydrogen) atoms. The van der Waals surface area contributed by atoms with Crippen molar-refractivity contribution in [1.82, 2.24) is 10.2 Å². The lowest BCUT2D eigenvalue weighted by Crippen LogP contribution is -2.48. The van der Waals surface area contributed by atoms with Gasteiger partial charge in [-0.2, -0.15) is 0 Å². The van der Waals surface area contributed by atoms with Crippen molar-refractivity contribution < 1.29 is 22.8 Å². The van der Waals surface area contributed by atoms with Crippen molar-refractivity contribution in [3.8, 4) is 0 Å². The molecule has 1 aliphatic heterocycles. The maximum atomic E-state index is 12.9. The third kappa shape index (κ3) is 4.40. The zero-order valence-electron chi connectivity index (χ0n) is 17.8. The largest absolute Gasteiger partial charge is 0.325 e. The number of carbonyl (C=O) groups is 3. The predicted molar refractivity (Wildman–Crippen MR) is 123 cm³/mol. The second-order valence-corrected chi connectivity index (χ2v) is 10.3. The molecule has 1 spiro atoms. The van der Waals surface area contributed by atoms with E-state index in [2.05, 4.69) is 15.4 Å². The molecule has 1 heterocycles. The third-order valence-electron chi connectivity index (χ3n) is 5.95. The molecule has 9 nitrogen and oxygen atoms in total. The second kappa shape index (κ2) is 8.68. The van der Waals surface area contributed by atoms with Gasteiger partial charge in [-0.15, -0.1) is 0 Å². The van der Waals surface area contributed by atoms with Gasteiger partial charge in [0.2, 0.25) is 5.91 Å². The van der Waals surface area contributed by atoms with Gasteiger partial charge in [-0.3, -0.25) is 14.3 Å². The molecule has 11 heteroatoms.